The maximum atomic E-state index is 12.5. The van der Waals surface area contributed by atoms with Gasteiger partial charge in [-0.15, -0.1) is 0 Å². The minimum atomic E-state index is -0.192. The predicted molar refractivity (Wildman–Crippen MR) is 116 cm³/mol. The van der Waals surface area contributed by atoms with E-state index in [2.05, 4.69) is 4.90 Å². The fourth-order valence-electron chi connectivity index (χ4n) is 3.40. The number of carbonyl (C=O) groups is 1. The van der Waals surface area contributed by atoms with Crippen LogP contribution in [-0.2, 0) is 0 Å². The number of hydrogen-bond acceptors (Lipinski definition) is 5. The van der Waals surface area contributed by atoms with Gasteiger partial charge < -0.3 is 19.5 Å². The molecule has 0 amide bonds. The Morgan fingerprint density at radius 1 is 1.03 bits per heavy atom. The molecule has 1 N–H and O–H groups in total. The number of anilines is 1. The lowest BCUT2D eigenvalue weighted by molar-refractivity contribution is 0.104. The molecular weight excluding hydrogens is 366 g/mol. The number of rotatable bonds is 8. The van der Waals surface area contributed by atoms with Gasteiger partial charge in [0.1, 0.15) is 0 Å². The molecule has 0 aromatic heterocycles. The summed E-state index contributed by atoms with van der Waals surface area (Å²) in [5.74, 6) is 1.34. The summed E-state index contributed by atoms with van der Waals surface area (Å²) in [6.45, 7) is 6.67. The predicted octanol–water partition coefficient (Wildman–Crippen LogP) is 4.34. The third-order valence-corrected chi connectivity index (χ3v) is 4.98. The van der Waals surface area contributed by atoms with Gasteiger partial charge in [0.15, 0.2) is 17.3 Å². The van der Waals surface area contributed by atoms with Crippen molar-refractivity contribution in [3.05, 3.63) is 59.7 Å². The van der Waals surface area contributed by atoms with E-state index in [1.165, 1.54) is 0 Å². The van der Waals surface area contributed by atoms with Crippen molar-refractivity contribution in [2.24, 2.45) is 0 Å². The van der Waals surface area contributed by atoms with Crippen LogP contribution in [0.3, 0.4) is 0 Å². The number of hydrogen-bond donors (Lipinski definition) is 1. The van der Waals surface area contributed by atoms with Crippen molar-refractivity contribution < 1.29 is 19.4 Å². The standard InChI is InChI=1S/C24H29NO4/c1-3-28-23-12-6-18(17-24(23)29-4-2)5-11-22(27)19-7-9-20(10-8-19)25-15-13-21(26)14-16-25/h5-12,17,21,26H,3-4,13-16H2,1-2H3. The molecule has 0 unspecified atom stereocenters. The zero-order valence-electron chi connectivity index (χ0n) is 17.1. The smallest absolute Gasteiger partial charge is 0.185 e. The van der Waals surface area contributed by atoms with Crippen molar-refractivity contribution in [3.63, 3.8) is 0 Å². The number of ether oxygens (including phenoxy) is 2. The molecule has 2 aromatic carbocycles. The van der Waals surface area contributed by atoms with Crippen LogP contribution in [0, 0.1) is 0 Å². The Morgan fingerprint density at radius 3 is 2.34 bits per heavy atom. The lowest BCUT2D eigenvalue weighted by Gasteiger charge is -2.31. The van der Waals surface area contributed by atoms with Gasteiger partial charge in [-0.25, -0.2) is 0 Å². The Balaban J connectivity index is 1.66. The first-order valence-electron chi connectivity index (χ1n) is 10.3. The Kier molecular flexibility index (Phi) is 7.30. The Labute approximate surface area is 172 Å². The van der Waals surface area contributed by atoms with E-state index in [1.54, 1.807) is 12.2 Å². The van der Waals surface area contributed by atoms with Gasteiger partial charge in [-0.1, -0.05) is 12.1 Å². The molecule has 1 saturated heterocycles. The minimum Gasteiger partial charge on any atom is -0.490 e. The molecule has 1 fully saturated rings. The largest absolute Gasteiger partial charge is 0.490 e. The SMILES string of the molecule is CCOc1ccc(C=CC(=O)c2ccc(N3CCC(O)CC3)cc2)cc1OCC. The van der Waals surface area contributed by atoms with Crippen LogP contribution in [0.1, 0.15) is 42.6 Å². The first-order valence-corrected chi connectivity index (χ1v) is 10.3. The number of benzene rings is 2. The van der Waals surface area contributed by atoms with E-state index < -0.39 is 0 Å². The first-order chi connectivity index (χ1) is 14.1. The molecule has 3 rings (SSSR count). The molecule has 0 aliphatic carbocycles. The van der Waals surface area contributed by atoms with Crippen molar-refractivity contribution in [2.75, 3.05) is 31.2 Å². The van der Waals surface area contributed by atoms with Crippen molar-refractivity contribution >= 4 is 17.5 Å². The van der Waals surface area contributed by atoms with Gasteiger partial charge in [0.2, 0.25) is 0 Å². The highest BCUT2D eigenvalue weighted by Gasteiger charge is 2.17. The van der Waals surface area contributed by atoms with Gasteiger partial charge >= 0.3 is 0 Å². The number of carbonyl (C=O) groups excluding carboxylic acids is 1. The second-order valence-electron chi connectivity index (χ2n) is 7.03. The minimum absolute atomic E-state index is 0.0440. The molecule has 0 spiro atoms. The van der Waals surface area contributed by atoms with E-state index in [1.807, 2.05) is 56.3 Å². The monoisotopic (exact) mass is 395 g/mol. The van der Waals surface area contributed by atoms with Crippen LogP contribution in [0.25, 0.3) is 6.08 Å². The highest BCUT2D eigenvalue weighted by molar-refractivity contribution is 6.07. The lowest BCUT2D eigenvalue weighted by atomic mass is 10.1. The molecule has 0 atom stereocenters. The Bertz CT molecular complexity index is 836. The van der Waals surface area contributed by atoms with E-state index in [0.29, 0.717) is 30.3 Å². The van der Waals surface area contributed by atoms with Crippen LogP contribution in [0.5, 0.6) is 11.5 Å². The maximum absolute atomic E-state index is 12.5. The van der Waals surface area contributed by atoms with Gasteiger partial charge in [-0.2, -0.15) is 0 Å². The highest BCUT2D eigenvalue weighted by Crippen LogP contribution is 2.29. The van der Waals surface area contributed by atoms with E-state index in [0.717, 1.165) is 37.2 Å². The zero-order chi connectivity index (χ0) is 20.6. The second-order valence-corrected chi connectivity index (χ2v) is 7.03. The molecule has 5 heteroatoms. The zero-order valence-corrected chi connectivity index (χ0v) is 17.1. The maximum Gasteiger partial charge on any atom is 0.185 e. The van der Waals surface area contributed by atoms with Crippen molar-refractivity contribution in [2.45, 2.75) is 32.8 Å². The number of piperidine rings is 1. The fraction of sp³-hybridized carbons (Fsp3) is 0.375. The van der Waals surface area contributed by atoms with E-state index in [4.69, 9.17) is 9.47 Å². The molecule has 29 heavy (non-hydrogen) atoms. The van der Waals surface area contributed by atoms with E-state index in [9.17, 15) is 9.90 Å². The summed E-state index contributed by atoms with van der Waals surface area (Å²) in [6, 6.07) is 13.3. The van der Waals surface area contributed by atoms with Crippen molar-refractivity contribution in [1.29, 1.82) is 0 Å². The molecule has 5 nitrogen and oxygen atoms in total. The molecule has 0 saturated carbocycles. The van der Waals surface area contributed by atoms with Crippen molar-refractivity contribution in [1.82, 2.24) is 0 Å². The molecule has 2 aromatic rings. The summed E-state index contributed by atoms with van der Waals surface area (Å²) in [5, 5.41) is 9.64. The van der Waals surface area contributed by atoms with Gasteiger partial charge in [-0.3, -0.25) is 4.79 Å². The normalized spacial score (nSPS) is 14.9. The van der Waals surface area contributed by atoms with Crippen LogP contribution < -0.4 is 14.4 Å². The lowest BCUT2D eigenvalue weighted by Crippen LogP contribution is -2.35. The third-order valence-electron chi connectivity index (χ3n) is 4.98. The van der Waals surface area contributed by atoms with Gasteiger partial charge in [-0.05, 0) is 74.7 Å². The fourth-order valence-corrected chi connectivity index (χ4v) is 3.40. The van der Waals surface area contributed by atoms with Crippen LogP contribution in [-0.4, -0.2) is 43.3 Å². The molecule has 1 aliphatic heterocycles. The van der Waals surface area contributed by atoms with Crippen LogP contribution in [0.2, 0.25) is 0 Å². The van der Waals surface area contributed by atoms with Gasteiger partial charge in [0, 0.05) is 24.3 Å². The summed E-state index contributed by atoms with van der Waals surface area (Å²) in [6.07, 6.45) is 4.76. The van der Waals surface area contributed by atoms with Crippen LogP contribution >= 0.6 is 0 Å². The average Bonchev–Trinajstić information content (AvgIpc) is 2.74. The van der Waals surface area contributed by atoms with Crippen LogP contribution in [0.4, 0.5) is 5.69 Å². The Hall–Kier alpha value is -2.79. The van der Waals surface area contributed by atoms with E-state index >= 15 is 0 Å². The molecule has 0 bridgehead atoms. The summed E-state index contributed by atoms with van der Waals surface area (Å²) in [4.78, 5) is 14.8. The van der Waals surface area contributed by atoms with Crippen LogP contribution in [0.15, 0.2) is 48.5 Å². The summed E-state index contributed by atoms with van der Waals surface area (Å²) in [5.41, 5.74) is 2.62. The number of allylic oxidation sites excluding steroid dienone is 1. The molecule has 1 heterocycles. The average molecular weight is 395 g/mol. The quantitative estimate of drug-likeness (QED) is 0.532. The number of nitrogens with zero attached hydrogens (tertiary/aromatic N) is 1. The van der Waals surface area contributed by atoms with Crippen molar-refractivity contribution in [3.8, 4) is 11.5 Å². The highest BCUT2D eigenvalue weighted by atomic mass is 16.5. The summed E-state index contributed by atoms with van der Waals surface area (Å²) < 4.78 is 11.2. The number of aliphatic hydroxyl groups excluding tert-OH is 1. The second kappa shape index (κ2) is 10.1. The molecular formula is C24H29NO4. The molecule has 1 aliphatic rings. The summed E-state index contributed by atoms with van der Waals surface area (Å²) in [7, 11) is 0. The molecule has 0 radical (unpaired) electrons. The summed E-state index contributed by atoms with van der Waals surface area (Å²) >= 11 is 0. The number of aliphatic hydroxyl groups is 1. The Morgan fingerprint density at radius 2 is 1.69 bits per heavy atom. The van der Waals surface area contributed by atoms with Gasteiger partial charge in [0.25, 0.3) is 0 Å². The third kappa shape index (κ3) is 5.61. The topological polar surface area (TPSA) is 59.0 Å². The first kappa shape index (κ1) is 20.9. The molecule has 154 valence electrons. The number of ketones is 1. The van der Waals surface area contributed by atoms with Gasteiger partial charge in [0.05, 0.1) is 19.3 Å². The van der Waals surface area contributed by atoms with E-state index in [-0.39, 0.29) is 11.9 Å².